The first kappa shape index (κ1) is 25.2. The van der Waals surface area contributed by atoms with E-state index in [1.54, 1.807) is 38.1 Å². The van der Waals surface area contributed by atoms with Gasteiger partial charge in [-0.3, -0.25) is 24.2 Å². The van der Waals surface area contributed by atoms with Crippen molar-refractivity contribution in [2.75, 3.05) is 7.11 Å². The number of amides is 2. The summed E-state index contributed by atoms with van der Waals surface area (Å²) in [5.41, 5.74) is -0.429. The lowest BCUT2D eigenvalue weighted by Crippen LogP contribution is -2.70. The SMILES string of the molecule is COc1ccc([C@@H](N=C2C(=O)C=CC(=O)/C2=C/O)C(=O)N[C@@H]2C(=O)N3[C@@H]2SC(C)(C)[C@@H]3C(=O)O)cc1. The number of carbonyl (C=O) groups excluding carboxylic acids is 4. The number of carboxylic acid groups (broad SMARTS) is 1. The highest BCUT2D eigenvalue weighted by Crippen LogP contribution is 2.50. The Hall–Kier alpha value is -3.93. The number of aliphatic carboxylic acids is 1. The van der Waals surface area contributed by atoms with Crippen LogP contribution in [0.4, 0.5) is 0 Å². The van der Waals surface area contributed by atoms with Gasteiger partial charge in [0.05, 0.1) is 18.9 Å². The molecule has 0 spiro atoms. The van der Waals surface area contributed by atoms with E-state index in [0.717, 1.165) is 12.2 Å². The van der Waals surface area contributed by atoms with Crippen LogP contribution < -0.4 is 10.1 Å². The first-order valence-electron chi connectivity index (χ1n) is 10.9. The first-order chi connectivity index (χ1) is 17.0. The van der Waals surface area contributed by atoms with Gasteiger partial charge in [-0.25, -0.2) is 4.79 Å². The lowest BCUT2D eigenvalue weighted by atomic mass is 9.95. The molecule has 0 unspecified atom stereocenters. The third-order valence-electron chi connectivity index (χ3n) is 6.18. The van der Waals surface area contributed by atoms with Crippen LogP contribution in [0, 0.1) is 0 Å². The number of methoxy groups -OCH3 is 1. The minimum Gasteiger partial charge on any atom is -0.515 e. The fourth-order valence-corrected chi connectivity index (χ4v) is 6.03. The highest BCUT2D eigenvalue weighted by Gasteiger charge is 2.64. The number of rotatable bonds is 6. The summed E-state index contributed by atoms with van der Waals surface area (Å²) in [6.45, 7) is 3.43. The highest BCUT2D eigenvalue weighted by atomic mass is 32.2. The summed E-state index contributed by atoms with van der Waals surface area (Å²) in [6, 6.07) is 2.85. The number of aliphatic imine (C=N–C) groups is 1. The van der Waals surface area contributed by atoms with Crippen molar-refractivity contribution in [3.05, 3.63) is 53.8 Å². The van der Waals surface area contributed by atoms with Crippen molar-refractivity contribution >= 4 is 46.8 Å². The van der Waals surface area contributed by atoms with Gasteiger partial charge >= 0.3 is 5.97 Å². The van der Waals surface area contributed by atoms with E-state index in [4.69, 9.17) is 4.74 Å². The molecule has 1 aromatic rings. The molecule has 0 bridgehead atoms. The average Bonchev–Trinajstić information content (AvgIpc) is 3.10. The van der Waals surface area contributed by atoms with Crippen LogP contribution in [-0.2, 0) is 24.0 Å². The summed E-state index contributed by atoms with van der Waals surface area (Å²) in [5.74, 6) is -3.24. The summed E-state index contributed by atoms with van der Waals surface area (Å²) >= 11 is 1.27. The lowest BCUT2D eigenvalue weighted by Gasteiger charge is -2.43. The Morgan fingerprint density at radius 2 is 1.81 bits per heavy atom. The fraction of sp³-hybridized carbons (Fsp3) is 0.333. The van der Waals surface area contributed by atoms with E-state index in [1.165, 1.54) is 23.8 Å². The number of hydrogen-bond acceptors (Lipinski definition) is 9. The number of carbonyl (C=O) groups is 5. The van der Waals surface area contributed by atoms with E-state index >= 15 is 0 Å². The number of allylic oxidation sites excluding steroid dienone is 3. The molecule has 2 heterocycles. The molecule has 0 saturated carbocycles. The number of nitrogens with zero attached hydrogens (tertiary/aromatic N) is 2. The van der Waals surface area contributed by atoms with E-state index in [9.17, 15) is 34.2 Å². The number of hydrogen-bond donors (Lipinski definition) is 3. The first-order valence-corrected chi connectivity index (χ1v) is 11.7. The largest absolute Gasteiger partial charge is 0.515 e. The maximum absolute atomic E-state index is 13.4. The van der Waals surface area contributed by atoms with Gasteiger partial charge in [-0.2, -0.15) is 0 Å². The third-order valence-corrected chi connectivity index (χ3v) is 7.75. The second-order valence-corrected chi connectivity index (χ2v) is 10.6. The Bertz CT molecular complexity index is 1250. The zero-order valence-electron chi connectivity index (χ0n) is 19.5. The van der Waals surface area contributed by atoms with Crippen LogP contribution in [0.15, 0.2) is 53.2 Å². The van der Waals surface area contributed by atoms with E-state index in [-0.39, 0.29) is 5.57 Å². The summed E-state index contributed by atoms with van der Waals surface area (Å²) in [5, 5.41) is 21.2. The molecule has 2 saturated heterocycles. The van der Waals surface area contributed by atoms with E-state index in [1.807, 2.05) is 0 Å². The molecular formula is C24H23N3O8S. The number of aliphatic hydroxyl groups excluding tert-OH is 1. The number of β-lactam (4-membered cyclic amide) rings is 1. The molecule has 1 aliphatic carbocycles. The number of thioether (sulfide) groups is 1. The number of fused-ring (bicyclic) bond motifs is 1. The number of aliphatic hydroxyl groups is 1. The number of carboxylic acids is 1. The van der Waals surface area contributed by atoms with Gasteiger partial charge in [0.2, 0.25) is 17.6 Å². The monoisotopic (exact) mass is 513 g/mol. The van der Waals surface area contributed by atoms with E-state index in [0.29, 0.717) is 17.6 Å². The van der Waals surface area contributed by atoms with Crippen LogP contribution in [0.5, 0.6) is 5.75 Å². The van der Waals surface area contributed by atoms with Gasteiger partial charge in [-0.15, -0.1) is 11.8 Å². The molecule has 11 nitrogen and oxygen atoms in total. The predicted molar refractivity (Wildman–Crippen MR) is 129 cm³/mol. The van der Waals surface area contributed by atoms with Crippen LogP contribution in [-0.4, -0.2) is 79.5 Å². The van der Waals surface area contributed by atoms with Crippen molar-refractivity contribution in [3.63, 3.8) is 0 Å². The standard InChI is InChI=1S/C24H23N3O8S/c1-24(2)19(23(33)34)27-21(32)18(22(27)36-24)26-20(31)16(11-4-6-12(35-3)7-5-11)25-17-13(10-28)14(29)8-9-15(17)30/h4-10,16,18-19,22,28H,1-3H3,(H,26,31)(H,33,34)/b13-10-,25-17?/t16-,18-,19+,22-/m1/s1. The molecule has 0 radical (unpaired) electrons. The summed E-state index contributed by atoms with van der Waals surface area (Å²) in [4.78, 5) is 68.1. The normalized spacial score (nSPS) is 27.6. The molecular weight excluding hydrogens is 490 g/mol. The molecule has 188 valence electrons. The van der Waals surface area contributed by atoms with E-state index in [2.05, 4.69) is 10.3 Å². The van der Waals surface area contributed by atoms with Crippen molar-refractivity contribution in [2.24, 2.45) is 4.99 Å². The number of ketones is 2. The van der Waals surface area contributed by atoms with E-state index < -0.39 is 63.3 Å². The molecule has 3 N–H and O–H groups in total. The fourth-order valence-electron chi connectivity index (χ4n) is 4.40. The maximum atomic E-state index is 13.4. The van der Waals surface area contributed by atoms with Gasteiger partial charge in [-0.05, 0) is 43.7 Å². The van der Waals surface area contributed by atoms with Gasteiger partial charge in [-0.1, -0.05) is 12.1 Å². The van der Waals surface area contributed by atoms with Crippen molar-refractivity contribution in [3.8, 4) is 5.75 Å². The van der Waals surface area contributed by atoms with Gasteiger partial charge < -0.3 is 25.2 Å². The average molecular weight is 514 g/mol. The molecule has 36 heavy (non-hydrogen) atoms. The van der Waals surface area contributed by atoms with Crippen molar-refractivity contribution in [1.29, 1.82) is 0 Å². The summed E-state index contributed by atoms with van der Waals surface area (Å²) < 4.78 is 4.36. The molecule has 4 atom stereocenters. The summed E-state index contributed by atoms with van der Waals surface area (Å²) in [6.07, 6.45) is 2.45. The number of benzene rings is 1. The zero-order chi connectivity index (χ0) is 26.4. The lowest BCUT2D eigenvalue weighted by molar-refractivity contribution is -0.161. The van der Waals surface area contributed by atoms with Crippen LogP contribution in [0.1, 0.15) is 25.5 Å². The third kappa shape index (κ3) is 4.17. The Kier molecular flexibility index (Phi) is 6.48. The van der Waals surface area contributed by atoms with Gasteiger partial charge in [0, 0.05) is 4.75 Å². The molecule has 1 aromatic carbocycles. The predicted octanol–water partition coefficient (Wildman–Crippen LogP) is 0.959. The molecule has 2 fully saturated rings. The van der Waals surface area contributed by atoms with Gasteiger partial charge in [0.15, 0.2) is 11.8 Å². The molecule has 0 aromatic heterocycles. The minimum absolute atomic E-state index is 0.333. The molecule has 12 heteroatoms. The van der Waals surface area contributed by atoms with Crippen molar-refractivity contribution in [1.82, 2.24) is 10.2 Å². The van der Waals surface area contributed by atoms with Gasteiger partial charge in [0.1, 0.15) is 28.9 Å². The molecule has 2 aliphatic heterocycles. The Morgan fingerprint density at radius 1 is 1.17 bits per heavy atom. The van der Waals surface area contributed by atoms with Crippen molar-refractivity contribution in [2.45, 2.75) is 42.1 Å². The molecule has 3 aliphatic rings. The topological polar surface area (TPSA) is 163 Å². The van der Waals surface area contributed by atoms with Gasteiger partial charge in [0.25, 0.3) is 0 Å². The zero-order valence-corrected chi connectivity index (χ0v) is 20.3. The Balaban J connectivity index is 1.67. The molecule has 4 rings (SSSR count). The Morgan fingerprint density at radius 3 is 2.39 bits per heavy atom. The number of nitrogens with one attached hydrogen (secondary N) is 1. The number of ether oxygens (including phenoxy) is 1. The second kappa shape index (κ2) is 9.26. The smallest absolute Gasteiger partial charge is 0.327 e. The van der Waals surface area contributed by atoms with Crippen LogP contribution in [0.25, 0.3) is 0 Å². The van der Waals surface area contributed by atoms with Crippen molar-refractivity contribution < 1.29 is 38.9 Å². The highest BCUT2D eigenvalue weighted by molar-refractivity contribution is 8.01. The quantitative estimate of drug-likeness (QED) is 0.286. The minimum atomic E-state index is -1.36. The second-order valence-electron chi connectivity index (χ2n) is 8.84. The van der Waals surface area contributed by atoms with Crippen LogP contribution >= 0.6 is 11.8 Å². The van der Waals surface area contributed by atoms with Crippen LogP contribution in [0.2, 0.25) is 0 Å². The molecule has 2 amide bonds. The summed E-state index contributed by atoms with van der Waals surface area (Å²) in [7, 11) is 1.47. The Labute approximate surface area is 209 Å². The van der Waals surface area contributed by atoms with Crippen LogP contribution in [0.3, 0.4) is 0 Å². The maximum Gasteiger partial charge on any atom is 0.327 e.